The smallest absolute Gasteiger partial charge is 0.153 e. The second kappa shape index (κ2) is 5.54. The van der Waals surface area contributed by atoms with Gasteiger partial charge in [0.2, 0.25) is 0 Å². The second-order valence-electron chi connectivity index (χ2n) is 4.36. The third-order valence-electron chi connectivity index (χ3n) is 3.09. The zero-order valence-corrected chi connectivity index (χ0v) is 10.8. The summed E-state index contributed by atoms with van der Waals surface area (Å²) in [5.41, 5.74) is 7.60. The molecule has 94 valence electrons. The van der Waals surface area contributed by atoms with Crippen LogP contribution in [-0.2, 0) is 0 Å². The van der Waals surface area contributed by atoms with Crippen molar-refractivity contribution in [2.24, 2.45) is 0 Å². The average Bonchev–Trinajstić information content (AvgIpc) is 2.41. The van der Waals surface area contributed by atoms with E-state index in [0.717, 1.165) is 12.2 Å². The fraction of sp³-hybridized carbons (Fsp3) is 0.267. The normalized spacial score (nSPS) is 12.1. The van der Waals surface area contributed by atoms with Crippen LogP contribution >= 0.6 is 0 Å². The molecule has 0 aliphatic heterocycles. The lowest BCUT2D eigenvalue weighted by atomic mass is 9.98. The molecule has 3 heteroatoms. The molecule has 3 nitrogen and oxygen atoms in total. The number of nitrogens with two attached hydrogens (primary N) is 1. The topological polar surface area (TPSA) is 48.1 Å². The highest BCUT2D eigenvalue weighted by Gasteiger charge is 2.11. The van der Waals surface area contributed by atoms with Crippen LogP contribution < -0.4 is 10.5 Å². The molecule has 0 spiro atoms. The third kappa shape index (κ3) is 2.62. The first-order valence-corrected chi connectivity index (χ1v) is 6.18. The number of hydrogen-bond acceptors (Lipinski definition) is 3. The zero-order chi connectivity index (χ0) is 13.0. The molecule has 0 aliphatic carbocycles. The van der Waals surface area contributed by atoms with Crippen LogP contribution in [0.15, 0.2) is 42.7 Å². The van der Waals surface area contributed by atoms with Gasteiger partial charge in [-0.3, -0.25) is 4.98 Å². The van der Waals surface area contributed by atoms with Gasteiger partial charge < -0.3 is 10.5 Å². The number of rotatable bonds is 4. The van der Waals surface area contributed by atoms with Gasteiger partial charge in [0.1, 0.15) is 5.75 Å². The van der Waals surface area contributed by atoms with E-state index in [4.69, 9.17) is 10.5 Å². The molecule has 0 amide bonds. The quantitative estimate of drug-likeness (QED) is 0.882. The van der Waals surface area contributed by atoms with Crippen LogP contribution in [0.4, 0.5) is 5.69 Å². The Kier molecular flexibility index (Phi) is 3.82. The van der Waals surface area contributed by atoms with Crippen molar-refractivity contribution in [3.05, 3.63) is 48.3 Å². The predicted molar refractivity (Wildman–Crippen MR) is 73.9 cm³/mol. The molecule has 2 N–H and O–H groups in total. The Balaban J connectivity index is 2.32. The molecule has 0 saturated carbocycles. The summed E-state index contributed by atoms with van der Waals surface area (Å²) < 4.78 is 5.90. The van der Waals surface area contributed by atoms with Crippen LogP contribution in [0.2, 0.25) is 0 Å². The van der Waals surface area contributed by atoms with E-state index in [1.807, 2.05) is 18.2 Å². The number of nitrogen functional groups attached to an aromatic ring is 1. The van der Waals surface area contributed by atoms with E-state index in [9.17, 15) is 0 Å². The van der Waals surface area contributed by atoms with Crippen LogP contribution in [0, 0.1) is 0 Å². The number of benzene rings is 1. The Labute approximate surface area is 108 Å². The molecule has 0 aliphatic rings. The lowest BCUT2D eigenvalue weighted by molar-refractivity contribution is 0.472. The first-order valence-electron chi connectivity index (χ1n) is 6.18. The highest BCUT2D eigenvalue weighted by atomic mass is 16.5. The fourth-order valence-corrected chi connectivity index (χ4v) is 1.81. The fourth-order valence-electron chi connectivity index (χ4n) is 1.81. The van der Waals surface area contributed by atoms with E-state index in [2.05, 4.69) is 24.9 Å². The summed E-state index contributed by atoms with van der Waals surface area (Å²) in [6, 6.07) is 9.85. The van der Waals surface area contributed by atoms with E-state index in [1.54, 1.807) is 18.5 Å². The highest BCUT2D eigenvalue weighted by Crippen LogP contribution is 2.33. The van der Waals surface area contributed by atoms with Gasteiger partial charge in [-0.25, -0.2) is 0 Å². The second-order valence-corrected chi connectivity index (χ2v) is 4.36. The van der Waals surface area contributed by atoms with Gasteiger partial charge in [0.25, 0.3) is 0 Å². The van der Waals surface area contributed by atoms with E-state index >= 15 is 0 Å². The van der Waals surface area contributed by atoms with Crippen molar-refractivity contribution in [3.63, 3.8) is 0 Å². The maximum absolute atomic E-state index is 5.90. The number of hydrogen-bond donors (Lipinski definition) is 1. The van der Waals surface area contributed by atoms with Gasteiger partial charge in [-0.05, 0) is 24.0 Å². The first-order chi connectivity index (χ1) is 8.72. The molecule has 1 heterocycles. The molecule has 1 aromatic carbocycles. The predicted octanol–water partition coefficient (Wildman–Crippen LogP) is 3.97. The number of pyridine rings is 1. The monoisotopic (exact) mass is 242 g/mol. The lowest BCUT2D eigenvalue weighted by Crippen LogP contribution is -1.98. The van der Waals surface area contributed by atoms with Crippen molar-refractivity contribution in [2.75, 3.05) is 5.73 Å². The van der Waals surface area contributed by atoms with Gasteiger partial charge in [-0.2, -0.15) is 0 Å². The van der Waals surface area contributed by atoms with E-state index in [0.29, 0.717) is 17.4 Å². The Morgan fingerprint density at radius 2 is 2.00 bits per heavy atom. The molecule has 0 radical (unpaired) electrons. The first kappa shape index (κ1) is 12.4. The minimum atomic E-state index is 0.462. The van der Waals surface area contributed by atoms with Gasteiger partial charge in [-0.15, -0.1) is 0 Å². The van der Waals surface area contributed by atoms with Gasteiger partial charge in [0.05, 0.1) is 11.9 Å². The van der Waals surface area contributed by atoms with E-state index in [1.165, 1.54) is 5.56 Å². The summed E-state index contributed by atoms with van der Waals surface area (Å²) in [5.74, 6) is 1.98. The summed E-state index contributed by atoms with van der Waals surface area (Å²) in [5, 5.41) is 0. The van der Waals surface area contributed by atoms with Crippen molar-refractivity contribution in [1.82, 2.24) is 4.98 Å². The van der Waals surface area contributed by atoms with Gasteiger partial charge in [0, 0.05) is 12.3 Å². The maximum atomic E-state index is 5.90. The molecular formula is C15H18N2O. The molecule has 0 bridgehead atoms. The Bertz CT molecular complexity index is 525. The van der Waals surface area contributed by atoms with Gasteiger partial charge in [-0.1, -0.05) is 32.0 Å². The van der Waals surface area contributed by atoms with E-state index in [-0.39, 0.29) is 0 Å². The van der Waals surface area contributed by atoms with E-state index < -0.39 is 0 Å². The molecule has 1 atom stereocenters. The summed E-state index contributed by atoms with van der Waals surface area (Å²) >= 11 is 0. The molecule has 2 aromatic rings. The van der Waals surface area contributed by atoms with Gasteiger partial charge in [0.15, 0.2) is 5.75 Å². The summed E-state index contributed by atoms with van der Waals surface area (Å²) in [6.45, 7) is 4.36. The minimum Gasteiger partial charge on any atom is -0.455 e. The molecule has 18 heavy (non-hydrogen) atoms. The number of ether oxygens (including phenoxy) is 1. The van der Waals surface area contributed by atoms with Crippen LogP contribution in [0.25, 0.3) is 0 Å². The summed E-state index contributed by atoms with van der Waals surface area (Å²) in [6.07, 6.45) is 4.35. The summed E-state index contributed by atoms with van der Waals surface area (Å²) in [4.78, 5) is 3.96. The lowest BCUT2D eigenvalue weighted by Gasteiger charge is -2.16. The van der Waals surface area contributed by atoms with Crippen molar-refractivity contribution in [2.45, 2.75) is 26.2 Å². The zero-order valence-electron chi connectivity index (χ0n) is 10.8. The maximum Gasteiger partial charge on any atom is 0.153 e. The molecule has 1 aromatic heterocycles. The SMILES string of the molecule is CCC(C)c1ccccc1Oc1ccncc1N. The van der Waals surface area contributed by atoms with Crippen molar-refractivity contribution >= 4 is 5.69 Å². The van der Waals surface area contributed by atoms with Crippen LogP contribution in [0.1, 0.15) is 31.7 Å². The van der Waals surface area contributed by atoms with Gasteiger partial charge >= 0.3 is 0 Å². The van der Waals surface area contributed by atoms with Crippen LogP contribution in [0.5, 0.6) is 11.5 Å². The van der Waals surface area contributed by atoms with Crippen molar-refractivity contribution < 1.29 is 4.74 Å². The number of nitrogens with zero attached hydrogens (tertiary/aromatic N) is 1. The third-order valence-corrected chi connectivity index (χ3v) is 3.09. The molecule has 0 saturated heterocycles. The minimum absolute atomic E-state index is 0.462. The van der Waals surface area contributed by atoms with Crippen LogP contribution in [0.3, 0.4) is 0 Å². The average molecular weight is 242 g/mol. The molecule has 1 unspecified atom stereocenters. The number of aromatic nitrogens is 1. The number of para-hydroxylation sites is 1. The molecule has 0 fully saturated rings. The standard InChI is InChI=1S/C15H18N2O/c1-3-11(2)12-6-4-5-7-14(12)18-15-8-9-17-10-13(15)16/h4-11H,3,16H2,1-2H3. The Hall–Kier alpha value is -2.03. The Morgan fingerprint density at radius 3 is 2.72 bits per heavy atom. The largest absolute Gasteiger partial charge is 0.455 e. The molecular weight excluding hydrogens is 224 g/mol. The summed E-state index contributed by atoms with van der Waals surface area (Å²) in [7, 11) is 0. The van der Waals surface area contributed by atoms with Crippen LogP contribution in [-0.4, -0.2) is 4.98 Å². The van der Waals surface area contributed by atoms with Crippen molar-refractivity contribution in [3.8, 4) is 11.5 Å². The Morgan fingerprint density at radius 1 is 1.22 bits per heavy atom. The van der Waals surface area contributed by atoms with Crippen molar-refractivity contribution in [1.29, 1.82) is 0 Å². The number of anilines is 1. The molecule has 2 rings (SSSR count). The highest BCUT2D eigenvalue weighted by molar-refractivity contribution is 5.52.